The van der Waals surface area contributed by atoms with Crippen LogP contribution < -0.4 is 5.32 Å². The van der Waals surface area contributed by atoms with E-state index < -0.39 is 0 Å². The lowest BCUT2D eigenvalue weighted by Gasteiger charge is -2.09. The minimum absolute atomic E-state index is 0.282. The number of carbonyl (C=O) groups is 1. The van der Waals surface area contributed by atoms with E-state index in [1.54, 1.807) is 24.4 Å². The number of rotatable bonds is 2. The zero-order valence-electron chi connectivity index (χ0n) is 9.88. The number of hydrogen-bond donors (Lipinski definition) is 1. The number of nitrogens with one attached hydrogen (secondary N) is 1. The van der Waals surface area contributed by atoms with Crippen LogP contribution in [0.15, 0.2) is 39.4 Å². The van der Waals surface area contributed by atoms with Crippen molar-refractivity contribution in [3.8, 4) is 0 Å². The molecule has 0 aliphatic carbocycles. The van der Waals surface area contributed by atoms with Gasteiger partial charge in [-0.1, -0.05) is 27.5 Å². The molecule has 1 aromatic carbocycles. The number of carbonyl (C=O) groups excluding carboxylic acids is 1. The van der Waals surface area contributed by atoms with E-state index in [1.165, 1.54) is 0 Å². The molecule has 1 heterocycles. The number of pyridine rings is 1. The molecule has 1 aromatic heterocycles. The van der Waals surface area contributed by atoms with E-state index in [9.17, 15) is 4.79 Å². The second-order valence-electron chi connectivity index (χ2n) is 3.90. The number of halogens is 3. The van der Waals surface area contributed by atoms with Crippen LogP contribution in [0.5, 0.6) is 0 Å². The minimum Gasteiger partial charge on any atom is -0.306 e. The highest BCUT2D eigenvalue weighted by Crippen LogP contribution is 2.23. The van der Waals surface area contributed by atoms with Crippen LogP contribution in [0.25, 0.3) is 0 Å². The molecule has 2 aromatic rings. The first kappa shape index (κ1) is 14.5. The number of anilines is 1. The van der Waals surface area contributed by atoms with Crippen LogP contribution in [0.1, 0.15) is 15.9 Å². The third-order valence-electron chi connectivity index (χ3n) is 2.45. The van der Waals surface area contributed by atoms with Crippen molar-refractivity contribution in [2.24, 2.45) is 0 Å². The van der Waals surface area contributed by atoms with Crippen LogP contribution in [-0.4, -0.2) is 10.9 Å². The van der Waals surface area contributed by atoms with Crippen LogP contribution in [0.4, 0.5) is 5.82 Å². The second kappa shape index (κ2) is 6.03. The molecule has 0 atom stereocenters. The molecule has 0 spiro atoms. The SMILES string of the molecule is Cc1cc(Br)cnc1NC(=O)c1ccc(Br)cc1Cl. The number of amides is 1. The van der Waals surface area contributed by atoms with Gasteiger partial charge >= 0.3 is 0 Å². The van der Waals surface area contributed by atoms with Crippen molar-refractivity contribution in [2.45, 2.75) is 6.92 Å². The highest BCUT2D eigenvalue weighted by atomic mass is 79.9. The monoisotopic (exact) mass is 402 g/mol. The minimum atomic E-state index is -0.282. The Kier molecular flexibility index (Phi) is 4.60. The second-order valence-corrected chi connectivity index (χ2v) is 6.14. The Labute approximate surface area is 132 Å². The van der Waals surface area contributed by atoms with Gasteiger partial charge in [0, 0.05) is 15.1 Å². The standard InChI is InChI=1S/C13H9Br2ClN2O/c1-7-4-9(15)6-17-12(7)18-13(19)10-3-2-8(14)5-11(10)16/h2-6H,1H3,(H,17,18,19). The summed E-state index contributed by atoms with van der Waals surface area (Å²) < 4.78 is 1.69. The van der Waals surface area contributed by atoms with Crippen LogP contribution in [-0.2, 0) is 0 Å². The highest BCUT2D eigenvalue weighted by molar-refractivity contribution is 9.10. The van der Waals surface area contributed by atoms with E-state index in [0.29, 0.717) is 16.4 Å². The summed E-state index contributed by atoms with van der Waals surface area (Å²) in [5.41, 5.74) is 1.28. The lowest BCUT2D eigenvalue weighted by Crippen LogP contribution is -2.14. The van der Waals surface area contributed by atoms with E-state index >= 15 is 0 Å². The van der Waals surface area contributed by atoms with Crippen molar-refractivity contribution in [3.05, 3.63) is 55.6 Å². The third kappa shape index (κ3) is 3.55. The summed E-state index contributed by atoms with van der Waals surface area (Å²) in [7, 11) is 0. The molecule has 0 bridgehead atoms. The highest BCUT2D eigenvalue weighted by Gasteiger charge is 2.12. The molecule has 0 radical (unpaired) electrons. The van der Waals surface area contributed by atoms with Gasteiger partial charge in [-0.2, -0.15) is 0 Å². The predicted molar refractivity (Wildman–Crippen MR) is 83.8 cm³/mol. The Morgan fingerprint density at radius 2 is 2.00 bits per heavy atom. The van der Waals surface area contributed by atoms with Crippen molar-refractivity contribution in [1.82, 2.24) is 4.98 Å². The average Bonchev–Trinajstić information content (AvgIpc) is 2.32. The van der Waals surface area contributed by atoms with Crippen molar-refractivity contribution in [1.29, 1.82) is 0 Å². The number of benzene rings is 1. The molecule has 3 nitrogen and oxygen atoms in total. The molecule has 0 saturated carbocycles. The van der Waals surface area contributed by atoms with E-state index in [4.69, 9.17) is 11.6 Å². The largest absolute Gasteiger partial charge is 0.306 e. The summed E-state index contributed by atoms with van der Waals surface area (Å²) in [6.45, 7) is 1.87. The Hall–Kier alpha value is -0.910. The smallest absolute Gasteiger partial charge is 0.258 e. The molecule has 0 fully saturated rings. The fourth-order valence-corrected chi connectivity index (χ4v) is 2.72. The fourth-order valence-electron chi connectivity index (χ4n) is 1.52. The molecular formula is C13H9Br2ClN2O. The van der Waals surface area contributed by atoms with E-state index in [-0.39, 0.29) is 5.91 Å². The summed E-state index contributed by atoms with van der Waals surface area (Å²) in [5.74, 6) is 0.239. The van der Waals surface area contributed by atoms with Gasteiger partial charge in [0.2, 0.25) is 0 Å². The van der Waals surface area contributed by atoms with Gasteiger partial charge in [-0.3, -0.25) is 4.79 Å². The first-order valence-electron chi connectivity index (χ1n) is 5.36. The molecule has 0 aliphatic rings. The molecule has 1 amide bonds. The molecule has 98 valence electrons. The van der Waals surface area contributed by atoms with Crippen LogP contribution in [0.2, 0.25) is 5.02 Å². The molecule has 19 heavy (non-hydrogen) atoms. The van der Waals surface area contributed by atoms with Crippen LogP contribution in [0, 0.1) is 6.92 Å². The number of aryl methyl sites for hydroxylation is 1. The van der Waals surface area contributed by atoms with Gasteiger partial charge in [-0.05, 0) is 52.7 Å². The Morgan fingerprint density at radius 1 is 1.26 bits per heavy atom. The van der Waals surface area contributed by atoms with Crippen LogP contribution >= 0.6 is 43.5 Å². The zero-order valence-corrected chi connectivity index (χ0v) is 13.8. The fraction of sp³-hybridized carbons (Fsp3) is 0.0769. The van der Waals surface area contributed by atoms with Gasteiger partial charge in [0.1, 0.15) is 5.82 Å². The van der Waals surface area contributed by atoms with Gasteiger partial charge in [-0.25, -0.2) is 4.98 Å². The Balaban J connectivity index is 2.25. The van der Waals surface area contributed by atoms with Gasteiger partial charge in [-0.15, -0.1) is 0 Å². The zero-order chi connectivity index (χ0) is 14.0. The molecule has 1 N–H and O–H groups in total. The van der Waals surface area contributed by atoms with Crippen molar-refractivity contribution in [2.75, 3.05) is 5.32 Å². The van der Waals surface area contributed by atoms with E-state index in [1.807, 2.05) is 13.0 Å². The first-order valence-corrected chi connectivity index (χ1v) is 7.32. The number of aromatic nitrogens is 1. The van der Waals surface area contributed by atoms with Crippen molar-refractivity contribution < 1.29 is 4.79 Å². The average molecular weight is 404 g/mol. The normalized spacial score (nSPS) is 10.3. The van der Waals surface area contributed by atoms with Crippen molar-refractivity contribution in [3.63, 3.8) is 0 Å². The van der Waals surface area contributed by atoms with Crippen LogP contribution in [0.3, 0.4) is 0 Å². The Bertz CT molecular complexity index is 647. The number of hydrogen-bond acceptors (Lipinski definition) is 2. The third-order valence-corrected chi connectivity index (χ3v) is 3.69. The Morgan fingerprint density at radius 3 is 2.63 bits per heavy atom. The topological polar surface area (TPSA) is 42.0 Å². The van der Waals surface area contributed by atoms with Gasteiger partial charge in [0.25, 0.3) is 5.91 Å². The summed E-state index contributed by atoms with van der Waals surface area (Å²) in [5, 5.41) is 3.13. The van der Waals surface area contributed by atoms with Gasteiger partial charge in [0.05, 0.1) is 10.6 Å². The maximum Gasteiger partial charge on any atom is 0.258 e. The maximum atomic E-state index is 12.1. The number of nitrogens with zero attached hydrogens (tertiary/aromatic N) is 1. The van der Waals surface area contributed by atoms with Gasteiger partial charge < -0.3 is 5.32 Å². The molecule has 2 rings (SSSR count). The molecule has 0 unspecified atom stereocenters. The lowest BCUT2D eigenvalue weighted by molar-refractivity contribution is 0.102. The predicted octanol–water partition coefficient (Wildman–Crippen LogP) is 4.82. The summed E-state index contributed by atoms with van der Waals surface area (Å²) in [4.78, 5) is 16.3. The maximum absolute atomic E-state index is 12.1. The summed E-state index contributed by atoms with van der Waals surface area (Å²) in [6, 6.07) is 6.99. The first-order chi connectivity index (χ1) is 8.97. The van der Waals surface area contributed by atoms with E-state index in [0.717, 1.165) is 14.5 Å². The summed E-state index contributed by atoms with van der Waals surface area (Å²) >= 11 is 12.7. The lowest BCUT2D eigenvalue weighted by atomic mass is 10.2. The van der Waals surface area contributed by atoms with Crippen molar-refractivity contribution >= 4 is 55.2 Å². The molecule has 0 aliphatic heterocycles. The van der Waals surface area contributed by atoms with E-state index in [2.05, 4.69) is 42.2 Å². The molecular weight excluding hydrogens is 395 g/mol. The molecule has 6 heteroatoms. The van der Waals surface area contributed by atoms with Gasteiger partial charge in [0.15, 0.2) is 0 Å². The summed E-state index contributed by atoms with van der Waals surface area (Å²) in [6.07, 6.45) is 1.63. The quantitative estimate of drug-likeness (QED) is 0.780. The molecule has 0 saturated heterocycles.